The zero-order valence-corrected chi connectivity index (χ0v) is 16.2. The van der Waals surface area contributed by atoms with Crippen LogP contribution in [0.5, 0.6) is 5.75 Å². The molecule has 0 radical (unpaired) electrons. The Morgan fingerprint density at radius 3 is 2.24 bits per heavy atom. The van der Waals surface area contributed by atoms with Gasteiger partial charge in [0.1, 0.15) is 5.75 Å². The maximum atomic E-state index is 12.2. The highest BCUT2D eigenvalue weighted by Crippen LogP contribution is 2.29. The Hall–Kier alpha value is -2.69. The Kier molecular flexibility index (Phi) is 5.65. The van der Waals surface area contributed by atoms with Crippen LogP contribution in [0.15, 0.2) is 66.7 Å². The van der Waals surface area contributed by atoms with E-state index >= 15 is 0 Å². The van der Waals surface area contributed by atoms with E-state index in [9.17, 15) is 13.2 Å². The Bertz CT molecular complexity index is 944. The van der Waals surface area contributed by atoms with E-state index in [0.29, 0.717) is 5.92 Å². The number of rotatable bonds is 5. The lowest BCUT2D eigenvalue weighted by atomic mass is 9.90. The largest absolute Gasteiger partial charge is 0.573 e. The predicted octanol–water partition coefficient (Wildman–Crippen LogP) is 6.59. The summed E-state index contributed by atoms with van der Waals surface area (Å²) >= 11 is 0. The minimum absolute atomic E-state index is 0.162. The first kappa shape index (κ1) is 19.6. The molecule has 29 heavy (non-hydrogen) atoms. The smallest absolute Gasteiger partial charge is 0.406 e. The number of halogens is 3. The van der Waals surface area contributed by atoms with Crippen molar-refractivity contribution in [3.05, 3.63) is 72.3 Å². The molecule has 1 saturated heterocycles. The number of ether oxygens (including phenoxy) is 1. The molecule has 0 N–H and O–H groups in total. The monoisotopic (exact) mass is 399 g/mol. The Morgan fingerprint density at radius 1 is 0.862 bits per heavy atom. The van der Waals surface area contributed by atoms with E-state index in [4.69, 9.17) is 0 Å². The van der Waals surface area contributed by atoms with Crippen LogP contribution in [0.2, 0.25) is 0 Å². The summed E-state index contributed by atoms with van der Waals surface area (Å²) in [6, 6.07) is 21.3. The molecule has 0 saturated carbocycles. The van der Waals surface area contributed by atoms with Crippen molar-refractivity contribution in [3.63, 3.8) is 0 Å². The van der Waals surface area contributed by atoms with Crippen molar-refractivity contribution in [2.45, 2.75) is 32.0 Å². The Balaban J connectivity index is 1.27. The van der Waals surface area contributed by atoms with Gasteiger partial charge in [0.2, 0.25) is 0 Å². The number of aryl methyl sites for hydroxylation is 1. The second-order valence-corrected chi connectivity index (χ2v) is 7.69. The van der Waals surface area contributed by atoms with Gasteiger partial charge in [0, 0.05) is 18.8 Å². The third-order valence-electron chi connectivity index (χ3n) is 5.71. The zero-order valence-electron chi connectivity index (χ0n) is 16.2. The van der Waals surface area contributed by atoms with Crippen molar-refractivity contribution in [1.82, 2.24) is 0 Å². The molecule has 1 fully saturated rings. The fourth-order valence-corrected chi connectivity index (χ4v) is 4.08. The number of hydrogen-bond acceptors (Lipinski definition) is 2. The second-order valence-electron chi connectivity index (χ2n) is 7.69. The third-order valence-corrected chi connectivity index (χ3v) is 5.71. The molecule has 4 rings (SSSR count). The lowest BCUT2D eigenvalue weighted by Crippen LogP contribution is -2.33. The number of benzene rings is 3. The molecule has 1 aliphatic rings. The maximum Gasteiger partial charge on any atom is 0.573 e. The molecule has 0 unspecified atom stereocenters. The van der Waals surface area contributed by atoms with Gasteiger partial charge in [-0.25, -0.2) is 0 Å². The van der Waals surface area contributed by atoms with Gasteiger partial charge in [0.25, 0.3) is 0 Å². The summed E-state index contributed by atoms with van der Waals surface area (Å²) in [4.78, 5) is 2.45. The van der Waals surface area contributed by atoms with Gasteiger partial charge in [-0.1, -0.05) is 42.5 Å². The van der Waals surface area contributed by atoms with Crippen LogP contribution in [-0.2, 0) is 6.42 Å². The molecule has 0 spiro atoms. The summed E-state index contributed by atoms with van der Waals surface area (Å²) in [7, 11) is 0. The number of hydrogen-bond donors (Lipinski definition) is 0. The van der Waals surface area contributed by atoms with E-state index in [-0.39, 0.29) is 5.75 Å². The van der Waals surface area contributed by atoms with Gasteiger partial charge in [-0.05, 0) is 72.2 Å². The molecular formula is C24H24F3NO. The van der Waals surface area contributed by atoms with Gasteiger partial charge in [-0.15, -0.1) is 13.2 Å². The minimum Gasteiger partial charge on any atom is -0.406 e. The summed E-state index contributed by atoms with van der Waals surface area (Å²) in [6.07, 6.45) is -0.414. The third kappa shape index (κ3) is 5.22. The maximum absolute atomic E-state index is 12.2. The quantitative estimate of drug-likeness (QED) is 0.480. The van der Waals surface area contributed by atoms with Crippen molar-refractivity contribution in [1.29, 1.82) is 0 Å². The van der Waals surface area contributed by atoms with Gasteiger partial charge in [-0.3, -0.25) is 0 Å². The van der Waals surface area contributed by atoms with Gasteiger partial charge in [0.05, 0.1) is 0 Å². The summed E-state index contributed by atoms with van der Waals surface area (Å²) in [6.45, 7) is 2.09. The number of anilines is 1. The molecule has 1 aliphatic heterocycles. The highest BCUT2D eigenvalue weighted by molar-refractivity contribution is 5.85. The number of fused-ring (bicyclic) bond motifs is 1. The predicted molar refractivity (Wildman–Crippen MR) is 110 cm³/mol. The average molecular weight is 399 g/mol. The van der Waals surface area contributed by atoms with Crippen LogP contribution in [-0.4, -0.2) is 19.5 Å². The summed E-state index contributed by atoms with van der Waals surface area (Å²) in [5.41, 5.74) is 2.33. The molecule has 0 bridgehead atoms. The van der Waals surface area contributed by atoms with Crippen LogP contribution in [0.25, 0.3) is 10.8 Å². The fourth-order valence-electron chi connectivity index (χ4n) is 4.08. The number of nitrogens with zero attached hydrogens (tertiary/aromatic N) is 1. The molecule has 0 atom stereocenters. The van der Waals surface area contributed by atoms with Gasteiger partial charge >= 0.3 is 6.36 Å². The summed E-state index contributed by atoms with van der Waals surface area (Å²) < 4.78 is 40.6. The van der Waals surface area contributed by atoms with Crippen molar-refractivity contribution < 1.29 is 17.9 Å². The van der Waals surface area contributed by atoms with Crippen LogP contribution >= 0.6 is 0 Å². The normalized spacial score (nSPS) is 15.6. The van der Waals surface area contributed by atoms with Crippen molar-refractivity contribution >= 4 is 16.5 Å². The molecule has 0 aliphatic carbocycles. The van der Waals surface area contributed by atoms with Gasteiger partial charge in [0.15, 0.2) is 0 Å². The van der Waals surface area contributed by atoms with Crippen LogP contribution < -0.4 is 9.64 Å². The summed E-state index contributed by atoms with van der Waals surface area (Å²) in [5.74, 6) is 0.489. The molecule has 2 nitrogen and oxygen atoms in total. The van der Waals surface area contributed by atoms with E-state index in [1.54, 1.807) is 12.1 Å². The molecule has 0 amide bonds. The van der Waals surface area contributed by atoms with E-state index in [1.165, 1.54) is 28.6 Å². The highest BCUT2D eigenvalue weighted by Gasteiger charge is 2.31. The van der Waals surface area contributed by atoms with E-state index in [2.05, 4.69) is 52.1 Å². The van der Waals surface area contributed by atoms with Crippen molar-refractivity contribution in [2.24, 2.45) is 5.92 Å². The molecule has 3 aromatic rings. The number of piperidine rings is 1. The lowest BCUT2D eigenvalue weighted by Gasteiger charge is -2.34. The van der Waals surface area contributed by atoms with Gasteiger partial charge in [-0.2, -0.15) is 0 Å². The van der Waals surface area contributed by atoms with Gasteiger partial charge < -0.3 is 9.64 Å². The molecule has 152 valence electrons. The zero-order chi connectivity index (χ0) is 20.3. The fraction of sp³-hybridized carbons (Fsp3) is 0.333. The highest BCUT2D eigenvalue weighted by atomic mass is 19.4. The SMILES string of the molecule is FC(F)(F)Oc1ccc(CCC2CCN(c3ccc4ccccc4c3)CC2)cc1. The van der Waals surface area contributed by atoms with E-state index in [1.807, 2.05) is 0 Å². The van der Waals surface area contributed by atoms with E-state index < -0.39 is 6.36 Å². The average Bonchev–Trinajstić information content (AvgIpc) is 2.72. The first-order valence-corrected chi connectivity index (χ1v) is 10.0. The lowest BCUT2D eigenvalue weighted by molar-refractivity contribution is -0.274. The first-order chi connectivity index (χ1) is 14.0. The first-order valence-electron chi connectivity index (χ1n) is 10.0. The van der Waals surface area contributed by atoms with Crippen molar-refractivity contribution in [2.75, 3.05) is 18.0 Å². The van der Waals surface area contributed by atoms with Crippen LogP contribution in [0, 0.1) is 5.92 Å². The molecular weight excluding hydrogens is 375 g/mol. The molecule has 0 aromatic heterocycles. The van der Waals surface area contributed by atoms with Crippen LogP contribution in [0.1, 0.15) is 24.8 Å². The topological polar surface area (TPSA) is 12.5 Å². The molecule has 5 heteroatoms. The molecule has 1 heterocycles. The second kappa shape index (κ2) is 8.36. The van der Waals surface area contributed by atoms with Crippen LogP contribution in [0.3, 0.4) is 0 Å². The van der Waals surface area contributed by atoms with E-state index in [0.717, 1.165) is 44.3 Å². The van der Waals surface area contributed by atoms with Crippen molar-refractivity contribution in [3.8, 4) is 5.75 Å². The number of alkyl halides is 3. The molecule has 3 aromatic carbocycles. The van der Waals surface area contributed by atoms with Crippen LogP contribution in [0.4, 0.5) is 18.9 Å². The summed E-state index contributed by atoms with van der Waals surface area (Å²) in [5, 5.41) is 2.53. The Labute approximate surface area is 168 Å². The standard InChI is InChI=1S/C24H24F3NO/c25-24(26,27)29-23-11-7-18(8-12-23)5-6-19-13-15-28(16-14-19)22-10-9-20-3-1-2-4-21(20)17-22/h1-4,7-12,17,19H,5-6,13-16H2. The minimum atomic E-state index is -4.64. The Morgan fingerprint density at radius 2 is 1.55 bits per heavy atom.